The van der Waals surface area contributed by atoms with Crippen LogP contribution >= 0.6 is 15.9 Å². The summed E-state index contributed by atoms with van der Waals surface area (Å²) >= 11 is 3.28. The van der Waals surface area contributed by atoms with Crippen LogP contribution in [0.1, 0.15) is 11.7 Å². The highest BCUT2D eigenvalue weighted by Gasteiger charge is 2.35. The van der Waals surface area contributed by atoms with Gasteiger partial charge in [0.25, 0.3) is 0 Å². The number of nitrogens with two attached hydrogens (primary N) is 1. The number of ketones is 1. The van der Waals surface area contributed by atoms with Gasteiger partial charge in [-0.15, -0.1) is 0 Å². The average molecular weight is 270 g/mol. The number of aliphatic hydroxyl groups excluding tert-OH is 1. The van der Waals surface area contributed by atoms with Crippen LogP contribution in [0.25, 0.3) is 0 Å². The fourth-order valence-electron chi connectivity index (χ4n) is 1.34. The first kappa shape index (κ1) is 10.0. The van der Waals surface area contributed by atoms with Crippen molar-refractivity contribution in [2.45, 2.75) is 6.10 Å². The normalized spacial score (nSPS) is 20.6. The first-order valence-electron chi connectivity index (χ1n) is 4.24. The SMILES string of the molecule is NC1=C(O)C(=O)[C@@H](c2ccc(Br)cc2)O1. The van der Waals surface area contributed by atoms with Gasteiger partial charge in [-0.1, -0.05) is 28.1 Å². The number of Topliss-reactive ketones (excluding diaryl/α,β-unsaturated/α-hetero) is 1. The number of aliphatic hydroxyl groups is 1. The number of hydrogen-bond donors (Lipinski definition) is 2. The van der Waals surface area contributed by atoms with E-state index in [9.17, 15) is 9.90 Å². The van der Waals surface area contributed by atoms with Crippen LogP contribution in [0.5, 0.6) is 0 Å². The van der Waals surface area contributed by atoms with E-state index in [1.165, 1.54) is 0 Å². The van der Waals surface area contributed by atoms with Crippen LogP contribution in [0.3, 0.4) is 0 Å². The van der Waals surface area contributed by atoms with Crippen LogP contribution in [-0.2, 0) is 9.53 Å². The molecule has 4 nitrogen and oxygen atoms in total. The largest absolute Gasteiger partial charge is 0.501 e. The molecule has 0 fully saturated rings. The molecule has 3 N–H and O–H groups in total. The summed E-state index contributed by atoms with van der Waals surface area (Å²) in [5.74, 6) is -1.22. The molecule has 0 amide bonds. The highest BCUT2D eigenvalue weighted by molar-refractivity contribution is 9.10. The summed E-state index contributed by atoms with van der Waals surface area (Å²) in [5.41, 5.74) is 5.97. The summed E-state index contributed by atoms with van der Waals surface area (Å²) in [7, 11) is 0. The monoisotopic (exact) mass is 269 g/mol. The van der Waals surface area contributed by atoms with Gasteiger partial charge in [0.05, 0.1) is 0 Å². The Balaban J connectivity index is 2.29. The highest BCUT2D eigenvalue weighted by Crippen LogP contribution is 2.30. The average Bonchev–Trinajstić information content (AvgIpc) is 2.47. The molecule has 78 valence electrons. The predicted molar refractivity (Wildman–Crippen MR) is 56.8 cm³/mol. The van der Waals surface area contributed by atoms with Crippen LogP contribution in [0.4, 0.5) is 0 Å². The van der Waals surface area contributed by atoms with Gasteiger partial charge in [0.2, 0.25) is 17.4 Å². The summed E-state index contributed by atoms with van der Waals surface area (Å²) in [4.78, 5) is 11.5. The summed E-state index contributed by atoms with van der Waals surface area (Å²) in [6, 6.07) is 7.05. The molecule has 0 aliphatic carbocycles. The van der Waals surface area contributed by atoms with E-state index in [1.807, 2.05) is 0 Å². The van der Waals surface area contributed by atoms with Gasteiger partial charge in [0.15, 0.2) is 6.10 Å². The second-order valence-electron chi connectivity index (χ2n) is 3.13. The molecule has 0 aromatic heterocycles. The summed E-state index contributed by atoms with van der Waals surface area (Å²) in [6.45, 7) is 0. The van der Waals surface area contributed by atoms with Crippen molar-refractivity contribution in [2.75, 3.05) is 0 Å². The smallest absolute Gasteiger partial charge is 0.247 e. The van der Waals surface area contributed by atoms with Crippen LogP contribution in [0.2, 0.25) is 0 Å². The third-order valence-corrected chi connectivity index (χ3v) is 2.65. The van der Waals surface area contributed by atoms with Gasteiger partial charge in [-0.3, -0.25) is 4.79 Å². The Morgan fingerprint density at radius 2 is 1.93 bits per heavy atom. The van der Waals surface area contributed by atoms with E-state index >= 15 is 0 Å². The molecular weight excluding hydrogens is 262 g/mol. The minimum absolute atomic E-state index is 0.215. The Morgan fingerprint density at radius 3 is 2.40 bits per heavy atom. The quantitative estimate of drug-likeness (QED) is 0.815. The lowest BCUT2D eigenvalue weighted by molar-refractivity contribution is -0.123. The Bertz CT molecular complexity index is 438. The van der Waals surface area contributed by atoms with Crippen molar-refractivity contribution in [3.63, 3.8) is 0 Å². The van der Waals surface area contributed by atoms with Crippen LogP contribution in [0, 0.1) is 0 Å². The van der Waals surface area contributed by atoms with Crippen molar-refractivity contribution < 1.29 is 14.6 Å². The van der Waals surface area contributed by atoms with Crippen LogP contribution in [0.15, 0.2) is 40.4 Å². The van der Waals surface area contributed by atoms with E-state index in [-0.39, 0.29) is 5.88 Å². The Labute approximate surface area is 94.5 Å². The van der Waals surface area contributed by atoms with E-state index in [0.29, 0.717) is 5.56 Å². The minimum atomic E-state index is -0.821. The minimum Gasteiger partial charge on any atom is -0.501 e. The molecule has 5 heteroatoms. The zero-order valence-electron chi connectivity index (χ0n) is 7.61. The van der Waals surface area contributed by atoms with Crippen molar-refractivity contribution >= 4 is 21.7 Å². The van der Waals surface area contributed by atoms with E-state index < -0.39 is 17.6 Å². The number of carbonyl (C=O) groups is 1. The molecule has 1 aliphatic rings. The lowest BCUT2D eigenvalue weighted by atomic mass is 10.1. The maximum atomic E-state index is 11.5. The van der Waals surface area contributed by atoms with Crippen molar-refractivity contribution in [1.82, 2.24) is 0 Å². The van der Waals surface area contributed by atoms with Crippen LogP contribution < -0.4 is 5.73 Å². The zero-order valence-corrected chi connectivity index (χ0v) is 9.19. The number of halogens is 1. The van der Waals surface area contributed by atoms with Gasteiger partial charge in [-0.05, 0) is 12.1 Å². The summed E-state index contributed by atoms with van der Waals surface area (Å²) in [5, 5.41) is 9.22. The molecular formula is C10H8BrNO3. The van der Waals surface area contributed by atoms with Crippen molar-refractivity contribution in [1.29, 1.82) is 0 Å². The third-order valence-electron chi connectivity index (χ3n) is 2.12. The highest BCUT2D eigenvalue weighted by atomic mass is 79.9. The molecule has 0 saturated heterocycles. The molecule has 1 heterocycles. The number of ether oxygens (including phenoxy) is 1. The van der Waals surface area contributed by atoms with Crippen molar-refractivity contribution in [3.8, 4) is 0 Å². The molecule has 0 unspecified atom stereocenters. The third kappa shape index (κ3) is 1.70. The van der Waals surface area contributed by atoms with E-state index in [1.54, 1.807) is 24.3 Å². The second-order valence-corrected chi connectivity index (χ2v) is 4.04. The first-order chi connectivity index (χ1) is 7.09. The van der Waals surface area contributed by atoms with Gasteiger partial charge in [-0.2, -0.15) is 0 Å². The molecule has 0 saturated carbocycles. The number of hydrogen-bond acceptors (Lipinski definition) is 4. The molecule has 1 atom stereocenters. The van der Waals surface area contributed by atoms with E-state index in [2.05, 4.69) is 15.9 Å². The number of carbonyl (C=O) groups excluding carboxylic acids is 1. The first-order valence-corrected chi connectivity index (χ1v) is 5.04. The number of rotatable bonds is 1. The second kappa shape index (κ2) is 3.58. The van der Waals surface area contributed by atoms with Gasteiger partial charge in [0.1, 0.15) is 0 Å². The van der Waals surface area contributed by atoms with E-state index in [4.69, 9.17) is 10.5 Å². The molecule has 1 aromatic carbocycles. The lowest BCUT2D eigenvalue weighted by Crippen LogP contribution is -2.09. The molecule has 1 aliphatic heterocycles. The van der Waals surface area contributed by atoms with Crippen molar-refractivity contribution in [3.05, 3.63) is 45.9 Å². The Hall–Kier alpha value is -1.49. The van der Waals surface area contributed by atoms with E-state index in [0.717, 1.165) is 4.47 Å². The van der Waals surface area contributed by atoms with Crippen molar-refractivity contribution in [2.24, 2.45) is 5.73 Å². The standard InChI is InChI=1S/C10H8BrNO3/c11-6-3-1-5(2-4-6)9-7(13)8(14)10(12)15-9/h1-4,9,14H,12H2/t9-/m1/s1. The van der Waals surface area contributed by atoms with Gasteiger partial charge in [0, 0.05) is 10.0 Å². The summed E-state index contributed by atoms with van der Waals surface area (Å²) in [6.07, 6.45) is -0.821. The maximum absolute atomic E-state index is 11.5. The maximum Gasteiger partial charge on any atom is 0.247 e. The van der Waals surface area contributed by atoms with Gasteiger partial charge < -0.3 is 15.6 Å². The molecule has 0 radical (unpaired) electrons. The Morgan fingerprint density at radius 1 is 1.33 bits per heavy atom. The van der Waals surface area contributed by atoms with Crippen LogP contribution in [-0.4, -0.2) is 10.9 Å². The fourth-order valence-corrected chi connectivity index (χ4v) is 1.60. The zero-order chi connectivity index (χ0) is 11.0. The molecule has 15 heavy (non-hydrogen) atoms. The molecule has 2 rings (SSSR count). The predicted octanol–water partition coefficient (Wildman–Crippen LogP) is 1.78. The Kier molecular flexibility index (Phi) is 2.40. The number of benzene rings is 1. The lowest BCUT2D eigenvalue weighted by Gasteiger charge is -2.09. The molecule has 0 bridgehead atoms. The molecule has 1 aromatic rings. The fraction of sp³-hybridized carbons (Fsp3) is 0.100. The molecule has 0 spiro atoms. The van der Waals surface area contributed by atoms with Gasteiger partial charge in [-0.25, -0.2) is 0 Å². The summed E-state index contributed by atoms with van der Waals surface area (Å²) < 4.78 is 5.96. The topological polar surface area (TPSA) is 72.5 Å². The van der Waals surface area contributed by atoms with Gasteiger partial charge >= 0.3 is 0 Å².